The Balaban J connectivity index is 1.98. The number of nitrogens with zero attached hydrogens (tertiary/aromatic N) is 2. The van der Waals surface area contributed by atoms with Crippen molar-refractivity contribution in [3.63, 3.8) is 0 Å². The lowest BCUT2D eigenvalue weighted by atomic mass is 10.2. The van der Waals surface area contributed by atoms with Gasteiger partial charge in [-0.1, -0.05) is 6.07 Å². The highest BCUT2D eigenvalue weighted by atomic mass is 32.2. The monoisotopic (exact) mass is 374 g/mol. The van der Waals surface area contributed by atoms with Gasteiger partial charge in [0, 0.05) is 31.3 Å². The highest BCUT2D eigenvalue weighted by Gasteiger charge is 2.25. The number of benzene rings is 1. The third-order valence-electron chi connectivity index (χ3n) is 3.84. The van der Waals surface area contributed by atoms with Gasteiger partial charge in [-0.05, 0) is 36.4 Å². The lowest BCUT2D eigenvalue weighted by Crippen LogP contribution is -2.33. The summed E-state index contributed by atoms with van der Waals surface area (Å²) in [7, 11) is -2.26. The molecule has 0 atom stereocenters. The Bertz CT molecular complexity index is 1050. The van der Waals surface area contributed by atoms with Gasteiger partial charge in [0.2, 0.25) is 10.0 Å². The lowest BCUT2D eigenvalue weighted by Gasteiger charge is -2.21. The SMILES string of the molecule is COCCN(Cc1ccccn1)S(=O)(=O)c1ccc2oc(=O)ccc2c1. The van der Waals surface area contributed by atoms with E-state index < -0.39 is 15.6 Å². The number of methoxy groups -OCH3 is 1. The van der Waals surface area contributed by atoms with Gasteiger partial charge in [0.1, 0.15) is 5.58 Å². The van der Waals surface area contributed by atoms with Crippen LogP contribution in [0.4, 0.5) is 0 Å². The zero-order valence-electron chi connectivity index (χ0n) is 14.2. The number of hydrogen-bond donors (Lipinski definition) is 0. The summed E-state index contributed by atoms with van der Waals surface area (Å²) >= 11 is 0. The first-order valence-electron chi connectivity index (χ1n) is 7.93. The number of ether oxygens (including phenoxy) is 1. The van der Waals surface area contributed by atoms with E-state index in [2.05, 4.69) is 4.98 Å². The number of pyridine rings is 1. The van der Waals surface area contributed by atoms with E-state index in [0.717, 1.165) is 0 Å². The molecule has 0 aliphatic carbocycles. The number of hydrogen-bond acceptors (Lipinski definition) is 6. The minimum absolute atomic E-state index is 0.117. The molecule has 1 aromatic carbocycles. The topological polar surface area (TPSA) is 89.7 Å². The molecule has 136 valence electrons. The third kappa shape index (κ3) is 3.98. The van der Waals surface area contributed by atoms with Crippen LogP contribution in [0.25, 0.3) is 11.0 Å². The van der Waals surface area contributed by atoms with Gasteiger partial charge in [-0.2, -0.15) is 4.31 Å². The van der Waals surface area contributed by atoms with E-state index in [9.17, 15) is 13.2 Å². The van der Waals surface area contributed by atoms with Crippen molar-refractivity contribution < 1.29 is 17.6 Å². The van der Waals surface area contributed by atoms with Crippen LogP contribution in [0.15, 0.2) is 68.8 Å². The fraction of sp³-hybridized carbons (Fsp3) is 0.222. The minimum atomic E-state index is -3.78. The van der Waals surface area contributed by atoms with Crippen molar-refractivity contribution in [1.29, 1.82) is 0 Å². The van der Waals surface area contributed by atoms with Crippen molar-refractivity contribution in [1.82, 2.24) is 9.29 Å². The first-order valence-corrected chi connectivity index (χ1v) is 9.37. The van der Waals surface area contributed by atoms with Crippen LogP contribution in [0.2, 0.25) is 0 Å². The molecule has 0 spiro atoms. The Hall–Kier alpha value is -2.55. The molecule has 0 saturated carbocycles. The largest absolute Gasteiger partial charge is 0.423 e. The van der Waals surface area contributed by atoms with Gasteiger partial charge in [0.05, 0.1) is 23.7 Å². The van der Waals surface area contributed by atoms with Crippen LogP contribution in [0, 0.1) is 0 Å². The van der Waals surface area contributed by atoms with E-state index in [4.69, 9.17) is 9.15 Å². The second-order valence-corrected chi connectivity index (χ2v) is 7.54. The van der Waals surface area contributed by atoms with Crippen molar-refractivity contribution in [2.45, 2.75) is 11.4 Å². The molecule has 3 rings (SSSR count). The van der Waals surface area contributed by atoms with Crippen LogP contribution < -0.4 is 5.63 Å². The first-order chi connectivity index (χ1) is 12.5. The Kier molecular flexibility index (Phi) is 5.46. The van der Waals surface area contributed by atoms with Crippen LogP contribution in [-0.4, -0.2) is 38.0 Å². The van der Waals surface area contributed by atoms with Crippen LogP contribution in [0.5, 0.6) is 0 Å². The van der Waals surface area contributed by atoms with Gasteiger partial charge < -0.3 is 9.15 Å². The van der Waals surface area contributed by atoms with E-state index in [1.165, 1.54) is 35.7 Å². The fourth-order valence-electron chi connectivity index (χ4n) is 2.51. The molecule has 7 nitrogen and oxygen atoms in total. The molecule has 3 aromatic rings. The van der Waals surface area contributed by atoms with Gasteiger partial charge >= 0.3 is 5.63 Å². The zero-order chi connectivity index (χ0) is 18.6. The highest BCUT2D eigenvalue weighted by molar-refractivity contribution is 7.89. The molecule has 0 amide bonds. The van der Waals surface area contributed by atoms with E-state index in [0.29, 0.717) is 16.7 Å². The average Bonchev–Trinajstić information content (AvgIpc) is 2.65. The molecule has 0 bridgehead atoms. The van der Waals surface area contributed by atoms with Gasteiger partial charge in [0.25, 0.3) is 0 Å². The van der Waals surface area contributed by atoms with E-state index in [1.807, 2.05) is 6.07 Å². The summed E-state index contributed by atoms with van der Waals surface area (Å²) < 4.78 is 37.6. The van der Waals surface area contributed by atoms with Gasteiger partial charge in [-0.15, -0.1) is 0 Å². The Labute approximate surface area is 150 Å². The Morgan fingerprint density at radius 3 is 2.73 bits per heavy atom. The predicted molar refractivity (Wildman–Crippen MR) is 96.2 cm³/mol. The van der Waals surface area contributed by atoms with E-state index in [1.54, 1.807) is 24.4 Å². The van der Waals surface area contributed by atoms with E-state index >= 15 is 0 Å². The lowest BCUT2D eigenvalue weighted by molar-refractivity contribution is 0.177. The van der Waals surface area contributed by atoms with Crippen molar-refractivity contribution in [2.75, 3.05) is 20.3 Å². The molecule has 0 aliphatic rings. The smallest absolute Gasteiger partial charge is 0.336 e. The van der Waals surface area contributed by atoms with Crippen molar-refractivity contribution >= 4 is 21.0 Å². The molecule has 2 heterocycles. The third-order valence-corrected chi connectivity index (χ3v) is 5.68. The number of sulfonamides is 1. The minimum Gasteiger partial charge on any atom is -0.423 e. The number of fused-ring (bicyclic) bond motifs is 1. The van der Waals surface area contributed by atoms with Crippen molar-refractivity contribution in [2.24, 2.45) is 0 Å². The Morgan fingerprint density at radius 1 is 1.15 bits per heavy atom. The summed E-state index contributed by atoms with van der Waals surface area (Å²) in [5, 5.41) is 0.537. The molecular formula is C18H18N2O5S. The summed E-state index contributed by atoms with van der Waals surface area (Å²) in [6.07, 6.45) is 1.62. The van der Waals surface area contributed by atoms with Crippen molar-refractivity contribution in [3.8, 4) is 0 Å². The highest BCUT2D eigenvalue weighted by Crippen LogP contribution is 2.22. The second-order valence-electron chi connectivity index (χ2n) is 5.61. The van der Waals surface area contributed by atoms with E-state index in [-0.39, 0.29) is 24.6 Å². The zero-order valence-corrected chi connectivity index (χ0v) is 15.0. The van der Waals surface area contributed by atoms with Crippen LogP contribution >= 0.6 is 0 Å². The molecule has 0 radical (unpaired) electrons. The van der Waals surface area contributed by atoms with Crippen LogP contribution in [0.3, 0.4) is 0 Å². The summed E-state index contributed by atoms with van der Waals surface area (Å²) in [4.78, 5) is 15.6. The molecule has 26 heavy (non-hydrogen) atoms. The normalized spacial score (nSPS) is 11.9. The van der Waals surface area contributed by atoms with Crippen LogP contribution in [-0.2, 0) is 21.3 Å². The molecule has 8 heteroatoms. The maximum Gasteiger partial charge on any atom is 0.336 e. The fourth-order valence-corrected chi connectivity index (χ4v) is 3.94. The van der Waals surface area contributed by atoms with Gasteiger partial charge in [0.15, 0.2) is 0 Å². The van der Waals surface area contributed by atoms with Crippen molar-refractivity contribution in [3.05, 3.63) is 70.8 Å². The molecule has 0 N–H and O–H groups in total. The molecule has 0 unspecified atom stereocenters. The number of rotatable bonds is 7. The quantitative estimate of drug-likeness (QED) is 0.588. The summed E-state index contributed by atoms with van der Waals surface area (Å²) in [6, 6.07) is 12.6. The number of aromatic nitrogens is 1. The molecule has 0 saturated heterocycles. The summed E-state index contributed by atoms with van der Waals surface area (Å²) in [6.45, 7) is 0.584. The van der Waals surface area contributed by atoms with Crippen LogP contribution in [0.1, 0.15) is 5.69 Å². The molecular weight excluding hydrogens is 356 g/mol. The predicted octanol–water partition coefficient (Wildman–Crippen LogP) is 2.03. The first kappa shape index (κ1) is 18.2. The summed E-state index contributed by atoms with van der Waals surface area (Å²) in [5.74, 6) is 0. The average molecular weight is 374 g/mol. The maximum absolute atomic E-state index is 13.1. The second kappa shape index (κ2) is 7.77. The maximum atomic E-state index is 13.1. The molecule has 2 aromatic heterocycles. The summed E-state index contributed by atoms with van der Waals surface area (Å²) in [5.41, 5.74) is 0.494. The Morgan fingerprint density at radius 2 is 2.00 bits per heavy atom. The van der Waals surface area contributed by atoms with Gasteiger partial charge in [-0.3, -0.25) is 4.98 Å². The molecule has 0 aliphatic heterocycles. The molecule has 0 fully saturated rings. The van der Waals surface area contributed by atoms with Gasteiger partial charge in [-0.25, -0.2) is 13.2 Å². The standard InChI is InChI=1S/C18H18N2O5S/c1-24-11-10-20(13-15-4-2-3-9-19-15)26(22,23)16-6-7-17-14(12-16)5-8-18(21)25-17/h2-9,12H,10-11,13H2,1H3.